The molecule has 1 N–H and O–H groups in total. The van der Waals surface area contributed by atoms with Gasteiger partial charge in [0.05, 0.1) is 22.0 Å². The van der Waals surface area contributed by atoms with Gasteiger partial charge in [0.15, 0.2) is 9.84 Å². The maximum atomic E-state index is 12.4. The van der Waals surface area contributed by atoms with E-state index < -0.39 is 9.84 Å². The zero-order valence-corrected chi connectivity index (χ0v) is 16.0. The number of benzene rings is 2. The van der Waals surface area contributed by atoms with Crippen LogP contribution in [0, 0.1) is 13.8 Å². The largest absolute Gasteiger partial charge is 0.311 e. The number of nitrogens with zero attached hydrogens (tertiary/aromatic N) is 2. The number of carbonyl (C=O) groups excluding carboxylic acids is 1. The quantitative estimate of drug-likeness (QED) is 0.708. The average Bonchev–Trinajstić information content (AvgIpc) is 3.01. The number of sulfone groups is 1. The van der Waals surface area contributed by atoms with Crippen molar-refractivity contribution in [1.82, 2.24) is 9.78 Å². The number of para-hydroxylation sites is 1. The van der Waals surface area contributed by atoms with Crippen LogP contribution in [-0.2, 0) is 14.6 Å². The lowest BCUT2D eigenvalue weighted by Crippen LogP contribution is -2.19. The first-order chi connectivity index (χ1) is 12.8. The summed E-state index contributed by atoms with van der Waals surface area (Å²) < 4.78 is 26.4. The van der Waals surface area contributed by atoms with Gasteiger partial charge in [-0.25, -0.2) is 13.1 Å². The van der Waals surface area contributed by atoms with Crippen LogP contribution in [0.25, 0.3) is 5.69 Å². The molecule has 0 atom stereocenters. The monoisotopic (exact) mass is 383 g/mol. The molecule has 7 heteroatoms. The number of hydrogen-bond donors (Lipinski definition) is 1. The van der Waals surface area contributed by atoms with E-state index >= 15 is 0 Å². The van der Waals surface area contributed by atoms with Crippen LogP contribution in [0.4, 0.5) is 5.82 Å². The highest BCUT2D eigenvalue weighted by Crippen LogP contribution is 2.18. The summed E-state index contributed by atoms with van der Waals surface area (Å²) in [5.74, 6) is -0.112. The minimum Gasteiger partial charge on any atom is -0.311 e. The SMILES string of the molecule is Cc1ccc(S(=O)(=O)CCC(=O)Nc2cc(C)nn2-c2ccccc2)cc1. The Labute approximate surface area is 158 Å². The van der Waals surface area contributed by atoms with Crippen molar-refractivity contribution in [3.8, 4) is 5.69 Å². The third-order valence-corrected chi connectivity index (χ3v) is 5.81. The van der Waals surface area contributed by atoms with Gasteiger partial charge < -0.3 is 5.32 Å². The summed E-state index contributed by atoms with van der Waals surface area (Å²) in [5.41, 5.74) is 2.55. The van der Waals surface area contributed by atoms with Crippen LogP contribution >= 0.6 is 0 Å². The Kier molecular flexibility index (Phi) is 5.41. The maximum Gasteiger partial charge on any atom is 0.226 e. The number of amides is 1. The van der Waals surface area contributed by atoms with Crippen LogP contribution in [0.3, 0.4) is 0 Å². The molecule has 140 valence electrons. The Bertz CT molecular complexity index is 1040. The molecule has 27 heavy (non-hydrogen) atoms. The normalized spacial score (nSPS) is 11.3. The van der Waals surface area contributed by atoms with Gasteiger partial charge in [0.25, 0.3) is 0 Å². The van der Waals surface area contributed by atoms with Crippen molar-refractivity contribution in [2.45, 2.75) is 25.2 Å². The van der Waals surface area contributed by atoms with Crippen LogP contribution in [0.2, 0.25) is 0 Å². The van der Waals surface area contributed by atoms with Gasteiger partial charge in [0.2, 0.25) is 5.91 Å². The number of hydrogen-bond acceptors (Lipinski definition) is 4. The molecule has 1 amide bonds. The maximum absolute atomic E-state index is 12.4. The van der Waals surface area contributed by atoms with E-state index in [-0.39, 0.29) is 23.0 Å². The Hall–Kier alpha value is -2.93. The van der Waals surface area contributed by atoms with Crippen molar-refractivity contribution in [2.24, 2.45) is 0 Å². The van der Waals surface area contributed by atoms with Gasteiger partial charge in [0.1, 0.15) is 5.82 Å². The van der Waals surface area contributed by atoms with Gasteiger partial charge in [0, 0.05) is 12.5 Å². The highest BCUT2D eigenvalue weighted by atomic mass is 32.2. The third kappa shape index (κ3) is 4.62. The van der Waals surface area contributed by atoms with E-state index in [0.29, 0.717) is 5.82 Å². The summed E-state index contributed by atoms with van der Waals surface area (Å²) in [6.07, 6.45) is -0.130. The second-order valence-corrected chi connectivity index (χ2v) is 8.46. The number of anilines is 1. The van der Waals surface area contributed by atoms with Gasteiger partial charge >= 0.3 is 0 Å². The van der Waals surface area contributed by atoms with E-state index in [1.165, 1.54) is 0 Å². The van der Waals surface area contributed by atoms with E-state index in [9.17, 15) is 13.2 Å². The number of carbonyl (C=O) groups is 1. The fraction of sp³-hybridized carbons (Fsp3) is 0.200. The zero-order chi connectivity index (χ0) is 19.4. The lowest BCUT2D eigenvalue weighted by atomic mass is 10.2. The van der Waals surface area contributed by atoms with Crippen molar-refractivity contribution in [3.63, 3.8) is 0 Å². The average molecular weight is 383 g/mol. The Morgan fingerprint density at radius 2 is 1.70 bits per heavy atom. The number of rotatable bonds is 6. The molecule has 0 unspecified atom stereocenters. The first kappa shape index (κ1) is 18.8. The van der Waals surface area contributed by atoms with Gasteiger partial charge in [-0.3, -0.25) is 4.79 Å². The third-order valence-electron chi connectivity index (χ3n) is 4.08. The lowest BCUT2D eigenvalue weighted by Gasteiger charge is -2.09. The second kappa shape index (κ2) is 7.75. The molecule has 6 nitrogen and oxygen atoms in total. The molecule has 0 saturated carbocycles. The highest BCUT2D eigenvalue weighted by molar-refractivity contribution is 7.91. The van der Waals surface area contributed by atoms with Gasteiger partial charge in [-0.1, -0.05) is 35.9 Å². The summed E-state index contributed by atoms with van der Waals surface area (Å²) in [7, 11) is -3.50. The molecule has 1 aromatic heterocycles. The van der Waals surface area contributed by atoms with E-state index in [1.807, 2.05) is 44.2 Å². The van der Waals surface area contributed by atoms with Crippen molar-refractivity contribution < 1.29 is 13.2 Å². The molecule has 0 aliphatic carbocycles. The van der Waals surface area contributed by atoms with Crippen LogP contribution in [0.15, 0.2) is 65.6 Å². The smallest absolute Gasteiger partial charge is 0.226 e. The predicted molar refractivity (Wildman–Crippen MR) is 105 cm³/mol. The molecule has 0 aliphatic heterocycles. The first-order valence-corrected chi connectivity index (χ1v) is 10.2. The van der Waals surface area contributed by atoms with Crippen LogP contribution in [0.5, 0.6) is 0 Å². The molecule has 3 aromatic rings. The molecular formula is C20H21N3O3S. The molecule has 0 fully saturated rings. The summed E-state index contributed by atoms with van der Waals surface area (Å²) in [6.45, 7) is 3.72. The zero-order valence-electron chi connectivity index (χ0n) is 15.2. The molecule has 2 aromatic carbocycles. The van der Waals surface area contributed by atoms with E-state index in [1.54, 1.807) is 35.0 Å². The topological polar surface area (TPSA) is 81.1 Å². The van der Waals surface area contributed by atoms with E-state index in [0.717, 1.165) is 16.9 Å². The van der Waals surface area contributed by atoms with Gasteiger partial charge in [-0.05, 0) is 38.1 Å². The Morgan fingerprint density at radius 3 is 2.37 bits per heavy atom. The minimum atomic E-state index is -3.50. The van der Waals surface area contributed by atoms with Gasteiger partial charge in [-0.2, -0.15) is 5.10 Å². The van der Waals surface area contributed by atoms with Crippen LogP contribution < -0.4 is 5.32 Å². The highest BCUT2D eigenvalue weighted by Gasteiger charge is 2.17. The molecular weight excluding hydrogens is 362 g/mol. The molecule has 0 bridgehead atoms. The Morgan fingerprint density at radius 1 is 1.04 bits per heavy atom. The minimum absolute atomic E-state index is 0.130. The van der Waals surface area contributed by atoms with Crippen molar-refractivity contribution >= 4 is 21.6 Å². The summed E-state index contributed by atoms with van der Waals surface area (Å²) >= 11 is 0. The number of aromatic nitrogens is 2. The van der Waals surface area contributed by atoms with Crippen molar-refractivity contribution in [3.05, 3.63) is 71.9 Å². The second-order valence-electron chi connectivity index (χ2n) is 6.35. The molecule has 0 spiro atoms. The fourth-order valence-corrected chi connectivity index (χ4v) is 3.89. The van der Waals surface area contributed by atoms with E-state index in [2.05, 4.69) is 10.4 Å². The van der Waals surface area contributed by atoms with Crippen molar-refractivity contribution in [1.29, 1.82) is 0 Å². The molecule has 3 rings (SSSR count). The Balaban J connectivity index is 1.69. The fourth-order valence-electron chi connectivity index (χ4n) is 2.65. The number of aryl methyl sites for hydroxylation is 2. The predicted octanol–water partition coefficient (Wildman–Crippen LogP) is 3.29. The van der Waals surface area contributed by atoms with E-state index in [4.69, 9.17) is 0 Å². The van der Waals surface area contributed by atoms with Crippen LogP contribution in [0.1, 0.15) is 17.7 Å². The van der Waals surface area contributed by atoms with Crippen molar-refractivity contribution in [2.75, 3.05) is 11.1 Å². The van der Waals surface area contributed by atoms with Gasteiger partial charge in [-0.15, -0.1) is 0 Å². The molecule has 0 aliphatic rings. The molecule has 0 radical (unpaired) electrons. The van der Waals surface area contributed by atoms with Crippen LogP contribution in [-0.4, -0.2) is 29.9 Å². The standard InChI is InChI=1S/C20H21N3O3S/c1-15-8-10-18(11-9-15)27(25,26)13-12-20(24)21-19-14-16(2)22-23(19)17-6-4-3-5-7-17/h3-11,14H,12-13H2,1-2H3,(H,21,24). The summed E-state index contributed by atoms with van der Waals surface area (Å²) in [6, 6.07) is 17.8. The number of nitrogens with one attached hydrogen (secondary N) is 1. The first-order valence-electron chi connectivity index (χ1n) is 8.56. The molecule has 0 saturated heterocycles. The lowest BCUT2D eigenvalue weighted by molar-refractivity contribution is -0.115. The summed E-state index contributed by atoms with van der Waals surface area (Å²) in [5, 5.41) is 7.14. The summed E-state index contributed by atoms with van der Waals surface area (Å²) in [4.78, 5) is 12.5. The molecule has 1 heterocycles.